The maximum Gasteiger partial charge on any atom is 0.136 e. The van der Waals surface area contributed by atoms with E-state index in [0.29, 0.717) is 0 Å². The molecule has 1 aromatic heterocycles. The average Bonchev–Trinajstić information content (AvgIpc) is 3.59. The lowest BCUT2D eigenvalue weighted by Crippen LogP contribution is -2.12. The van der Waals surface area contributed by atoms with E-state index >= 15 is 0 Å². The molecule has 2 heteroatoms. The fourth-order valence-electron chi connectivity index (χ4n) is 8.46. The largest absolute Gasteiger partial charge is 0.456 e. The number of fused-ring (bicyclic) bond motifs is 8. The lowest BCUT2D eigenvalue weighted by atomic mass is 9.95. The monoisotopic (exact) mass is 687 g/mol. The second-order valence-corrected chi connectivity index (χ2v) is 14.1. The van der Waals surface area contributed by atoms with Gasteiger partial charge in [-0.25, -0.2) is 0 Å². The fourth-order valence-corrected chi connectivity index (χ4v) is 8.46. The number of furan rings is 1. The molecule has 0 amide bonds. The van der Waals surface area contributed by atoms with Gasteiger partial charge in [-0.1, -0.05) is 152 Å². The minimum atomic E-state index is 0.890. The van der Waals surface area contributed by atoms with Gasteiger partial charge in [-0.2, -0.15) is 0 Å². The smallest absolute Gasteiger partial charge is 0.136 e. The molecule has 0 unspecified atom stereocenters. The van der Waals surface area contributed by atoms with Crippen molar-refractivity contribution in [1.29, 1.82) is 0 Å². The molecule has 2 nitrogen and oxygen atoms in total. The second kappa shape index (κ2) is 12.2. The molecule has 1 heterocycles. The predicted octanol–water partition coefficient (Wildman–Crippen LogP) is 15.0. The molecule has 0 radical (unpaired) electrons. The molecule has 0 aliphatic rings. The SMILES string of the molecule is c1cc(-c2cccc3ccccc23)cc(N(c2ccccc2-c2ccc3oc4cc5ccccc5cc4c3c2)c2cc3ccccc3c3ccccc23)c1. The number of anilines is 3. The second-order valence-electron chi connectivity index (χ2n) is 14.1. The van der Waals surface area contributed by atoms with Gasteiger partial charge in [-0.05, 0) is 103 Å². The molecule has 11 rings (SSSR count). The van der Waals surface area contributed by atoms with Crippen molar-refractivity contribution in [3.05, 3.63) is 200 Å². The van der Waals surface area contributed by atoms with Crippen LogP contribution in [0.1, 0.15) is 0 Å². The zero-order valence-corrected chi connectivity index (χ0v) is 29.4. The molecule has 0 saturated carbocycles. The number of benzene rings is 10. The van der Waals surface area contributed by atoms with Crippen LogP contribution in [-0.2, 0) is 0 Å². The molecule has 0 aliphatic heterocycles. The summed E-state index contributed by atoms with van der Waals surface area (Å²) in [7, 11) is 0. The van der Waals surface area contributed by atoms with Crippen LogP contribution >= 0.6 is 0 Å². The highest BCUT2D eigenvalue weighted by Crippen LogP contribution is 2.47. The van der Waals surface area contributed by atoms with Gasteiger partial charge >= 0.3 is 0 Å². The zero-order valence-electron chi connectivity index (χ0n) is 29.4. The summed E-state index contributed by atoms with van der Waals surface area (Å²) in [6, 6.07) is 72.5. The number of rotatable bonds is 5. The molecular formula is C52H33NO. The van der Waals surface area contributed by atoms with Gasteiger partial charge in [-0.3, -0.25) is 0 Å². The van der Waals surface area contributed by atoms with Crippen LogP contribution in [0.25, 0.3) is 87.3 Å². The molecule has 0 fully saturated rings. The Hall–Kier alpha value is -7.16. The first-order valence-electron chi connectivity index (χ1n) is 18.5. The normalized spacial score (nSPS) is 11.7. The number of para-hydroxylation sites is 1. The van der Waals surface area contributed by atoms with E-state index in [9.17, 15) is 0 Å². The van der Waals surface area contributed by atoms with Crippen molar-refractivity contribution in [2.45, 2.75) is 0 Å². The third-order valence-electron chi connectivity index (χ3n) is 11.0. The van der Waals surface area contributed by atoms with Crippen LogP contribution in [0.2, 0.25) is 0 Å². The predicted molar refractivity (Wildman–Crippen MR) is 229 cm³/mol. The summed E-state index contributed by atoms with van der Waals surface area (Å²) >= 11 is 0. The van der Waals surface area contributed by atoms with Crippen LogP contribution in [0.5, 0.6) is 0 Å². The van der Waals surface area contributed by atoms with Gasteiger partial charge in [0.05, 0.1) is 11.4 Å². The van der Waals surface area contributed by atoms with E-state index in [1.54, 1.807) is 0 Å². The van der Waals surface area contributed by atoms with Gasteiger partial charge in [-0.15, -0.1) is 0 Å². The Balaban J connectivity index is 1.17. The molecule has 0 spiro atoms. The van der Waals surface area contributed by atoms with E-state index in [0.717, 1.165) is 50.1 Å². The number of hydrogen-bond acceptors (Lipinski definition) is 2. The zero-order chi connectivity index (χ0) is 35.6. The van der Waals surface area contributed by atoms with E-state index in [1.165, 1.54) is 54.2 Å². The summed E-state index contributed by atoms with van der Waals surface area (Å²) in [5, 5.41) is 12.0. The van der Waals surface area contributed by atoms with Crippen molar-refractivity contribution in [2.75, 3.05) is 4.90 Å². The lowest BCUT2D eigenvalue weighted by molar-refractivity contribution is 0.669. The van der Waals surface area contributed by atoms with Gasteiger partial charge in [0.2, 0.25) is 0 Å². The minimum absolute atomic E-state index is 0.890. The highest BCUT2D eigenvalue weighted by Gasteiger charge is 2.22. The molecule has 10 aromatic carbocycles. The van der Waals surface area contributed by atoms with Crippen LogP contribution in [0.15, 0.2) is 205 Å². The van der Waals surface area contributed by atoms with Crippen LogP contribution in [0, 0.1) is 0 Å². The highest BCUT2D eigenvalue weighted by molar-refractivity contribution is 6.16. The first-order valence-corrected chi connectivity index (χ1v) is 18.5. The molecule has 0 atom stereocenters. The van der Waals surface area contributed by atoms with E-state index in [-0.39, 0.29) is 0 Å². The Labute approximate surface area is 312 Å². The molecule has 0 aliphatic carbocycles. The first-order chi connectivity index (χ1) is 26.8. The molecule has 252 valence electrons. The topological polar surface area (TPSA) is 16.4 Å². The van der Waals surface area contributed by atoms with Crippen molar-refractivity contribution in [2.24, 2.45) is 0 Å². The summed E-state index contributed by atoms with van der Waals surface area (Å²) in [6.45, 7) is 0. The van der Waals surface area contributed by atoms with Gasteiger partial charge < -0.3 is 9.32 Å². The summed E-state index contributed by atoms with van der Waals surface area (Å²) in [5.41, 5.74) is 9.79. The van der Waals surface area contributed by atoms with Gasteiger partial charge in [0.25, 0.3) is 0 Å². The maximum atomic E-state index is 6.43. The van der Waals surface area contributed by atoms with Gasteiger partial charge in [0.15, 0.2) is 0 Å². The van der Waals surface area contributed by atoms with Gasteiger partial charge in [0.1, 0.15) is 11.2 Å². The summed E-state index contributed by atoms with van der Waals surface area (Å²) < 4.78 is 6.43. The molecule has 0 saturated heterocycles. The van der Waals surface area contributed by atoms with Crippen LogP contribution in [0.3, 0.4) is 0 Å². The molecule has 0 N–H and O–H groups in total. The van der Waals surface area contributed by atoms with Crippen LogP contribution in [-0.4, -0.2) is 0 Å². The Morgan fingerprint density at radius 2 is 0.907 bits per heavy atom. The molecule has 0 bridgehead atoms. The van der Waals surface area contributed by atoms with Crippen molar-refractivity contribution >= 4 is 82.1 Å². The summed E-state index contributed by atoms with van der Waals surface area (Å²) in [6.07, 6.45) is 0. The summed E-state index contributed by atoms with van der Waals surface area (Å²) in [4.78, 5) is 2.46. The summed E-state index contributed by atoms with van der Waals surface area (Å²) in [5.74, 6) is 0. The first kappa shape index (κ1) is 30.5. The highest BCUT2D eigenvalue weighted by atomic mass is 16.3. The third-order valence-corrected chi connectivity index (χ3v) is 11.0. The molecule has 54 heavy (non-hydrogen) atoms. The van der Waals surface area contributed by atoms with Crippen molar-refractivity contribution < 1.29 is 4.42 Å². The fraction of sp³-hybridized carbons (Fsp3) is 0. The van der Waals surface area contributed by atoms with Crippen LogP contribution < -0.4 is 4.90 Å². The standard InChI is InChI=1S/C52H33NO/c1-2-15-36-33-52-48(30-35(36)14-1)47-31-39(27-28-51(47)54-52)44-22-9-10-26-49(44)53(50-32-38-16-4-6-21-43(38)45-23-7-8-24-46(45)50)40-19-11-18-37(29-40)42-25-12-17-34-13-3-5-20-41(34)42/h1-33H. The van der Waals surface area contributed by atoms with E-state index in [2.05, 4.69) is 205 Å². The number of hydrogen-bond donors (Lipinski definition) is 0. The van der Waals surface area contributed by atoms with E-state index < -0.39 is 0 Å². The Bertz CT molecular complexity index is 3240. The third kappa shape index (κ3) is 4.88. The Morgan fingerprint density at radius 1 is 0.296 bits per heavy atom. The maximum absolute atomic E-state index is 6.43. The van der Waals surface area contributed by atoms with Crippen molar-refractivity contribution in [1.82, 2.24) is 0 Å². The Kier molecular flexibility index (Phi) is 6.90. The van der Waals surface area contributed by atoms with E-state index in [1.807, 2.05) is 0 Å². The molecular weight excluding hydrogens is 655 g/mol. The van der Waals surface area contributed by atoms with Gasteiger partial charge in [0, 0.05) is 27.4 Å². The van der Waals surface area contributed by atoms with E-state index in [4.69, 9.17) is 4.42 Å². The van der Waals surface area contributed by atoms with Crippen molar-refractivity contribution in [3.8, 4) is 22.3 Å². The minimum Gasteiger partial charge on any atom is -0.456 e. The average molecular weight is 688 g/mol. The van der Waals surface area contributed by atoms with Crippen LogP contribution in [0.4, 0.5) is 17.1 Å². The quantitative estimate of drug-likeness (QED) is 0.168. The Morgan fingerprint density at radius 3 is 1.78 bits per heavy atom. The van der Waals surface area contributed by atoms with Crippen molar-refractivity contribution in [3.63, 3.8) is 0 Å². The molecule has 11 aromatic rings. The lowest BCUT2D eigenvalue weighted by Gasteiger charge is -2.30. The number of nitrogens with zero attached hydrogens (tertiary/aromatic N) is 1.